The Morgan fingerprint density at radius 2 is 1.44 bits per heavy atom. The third-order valence-corrected chi connectivity index (χ3v) is 8.97. The Kier molecular flexibility index (Phi) is 9.49. The molecule has 1 nitrogen and oxygen atoms in total. The molecule has 4 heteroatoms. The molecular formula is C37H39F3O. The van der Waals surface area contributed by atoms with Crippen LogP contribution in [0.2, 0.25) is 0 Å². The minimum absolute atomic E-state index is 0.103. The molecule has 214 valence electrons. The Hall–Kier alpha value is -3.53. The second-order valence-electron chi connectivity index (χ2n) is 11.5. The lowest BCUT2D eigenvalue weighted by molar-refractivity contribution is 0.212. The van der Waals surface area contributed by atoms with Crippen LogP contribution in [0, 0.1) is 35.2 Å². The summed E-state index contributed by atoms with van der Waals surface area (Å²) in [6, 6.07) is 15.3. The molecule has 0 N–H and O–H groups in total. The molecule has 0 aromatic heterocycles. The Labute approximate surface area is 242 Å². The lowest BCUT2D eigenvalue weighted by Crippen LogP contribution is -2.22. The predicted molar refractivity (Wildman–Crippen MR) is 163 cm³/mol. The summed E-state index contributed by atoms with van der Waals surface area (Å²) in [5.41, 5.74) is 4.01. The van der Waals surface area contributed by atoms with Crippen LogP contribution in [0.4, 0.5) is 13.2 Å². The summed E-state index contributed by atoms with van der Waals surface area (Å²) >= 11 is 0. The molecule has 3 aromatic carbocycles. The Morgan fingerprint density at radius 3 is 2.07 bits per heavy atom. The Morgan fingerprint density at radius 1 is 0.756 bits per heavy atom. The van der Waals surface area contributed by atoms with E-state index in [2.05, 4.69) is 25.3 Å². The second kappa shape index (κ2) is 13.4. The standard InChI is InChI=1S/C37H39F3O/c1-3-5-6-23-41-35-22-21-33(36(39)37(35)40)30-17-15-29(16-18-30)32-20-19-31(24-34(32)38)28-13-11-27(12-14-28)26-9-7-25(4-2)8-10-26/h3-4,13,15-22,24-27H,1-2,5-12,14,23H2. The number of allylic oxidation sites excluding steroid dienone is 4. The SMILES string of the molecule is C=CCCCOc1ccc(-c2ccc(-c3ccc(C4=CCC(C5CCC(C=C)CC5)CC4)cc3F)cc2)c(F)c1F. The normalized spacial score (nSPS) is 20.8. The molecule has 2 aliphatic rings. The molecule has 1 atom stereocenters. The van der Waals surface area contributed by atoms with Gasteiger partial charge in [-0.2, -0.15) is 4.39 Å². The van der Waals surface area contributed by atoms with Gasteiger partial charge in [0.15, 0.2) is 11.6 Å². The van der Waals surface area contributed by atoms with Gasteiger partial charge >= 0.3 is 0 Å². The molecule has 0 bridgehead atoms. The molecule has 0 aliphatic heterocycles. The fourth-order valence-electron chi connectivity index (χ4n) is 6.45. The summed E-state index contributed by atoms with van der Waals surface area (Å²) < 4.78 is 50.1. The molecule has 5 rings (SSSR count). The van der Waals surface area contributed by atoms with Crippen LogP contribution in [0.1, 0.15) is 63.4 Å². The molecule has 3 aromatic rings. The number of unbranched alkanes of at least 4 members (excludes halogenated alkanes) is 1. The molecule has 0 amide bonds. The maximum absolute atomic E-state index is 15.3. The molecule has 0 radical (unpaired) electrons. The minimum Gasteiger partial charge on any atom is -0.490 e. The quantitative estimate of drug-likeness (QED) is 0.178. The molecule has 0 heterocycles. The number of rotatable bonds is 10. The van der Waals surface area contributed by atoms with Gasteiger partial charge in [0, 0.05) is 11.1 Å². The smallest absolute Gasteiger partial charge is 0.201 e. The zero-order chi connectivity index (χ0) is 28.8. The summed E-state index contributed by atoms with van der Waals surface area (Å²) in [7, 11) is 0. The van der Waals surface area contributed by atoms with Crippen molar-refractivity contribution in [2.75, 3.05) is 6.61 Å². The fraction of sp³-hybridized carbons (Fsp3) is 0.351. The first-order chi connectivity index (χ1) is 20.0. The fourth-order valence-corrected chi connectivity index (χ4v) is 6.45. The average molecular weight is 557 g/mol. The van der Waals surface area contributed by atoms with Crippen LogP contribution in [0.3, 0.4) is 0 Å². The van der Waals surface area contributed by atoms with E-state index in [4.69, 9.17) is 4.74 Å². The molecule has 0 spiro atoms. The van der Waals surface area contributed by atoms with E-state index in [1.807, 2.05) is 12.1 Å². The first-order valence-electron chi connectivity index (χ1n) is 14.9. The zero-order valence-corrected chi connectivity index (χ0v) is 23.7. The monoisotopic (exact) mass is 556 g/mol. The summed E-state index contributed by atoms with van der Waals surface area (Å²) in [5, 5.41) is 0. The molecule has 1 unspecified atom stereocenters. The highest BCUT2D eigenvalue weighted by molar-refractivity contribution is 5.74. The van der Waals surface area contributed by atoms with Crippen LogP contribution in [-0.2, 0) is 0 Å². The lowest BCUT2D eigenvalue weighted by Gasteiger charge is -2.34. The van der Waals surface area contributed by atoms with E-state index in [0.29, 0.717) is 29.0 Å². The minimum atomic E-state index is -1.00. The zero-order valence-electron chi connectivity index (χ0n) is 23.7. The van der Waals surface area contributed by atoms with Gasteiger partial charge in [-0.05, 0) is 116 Å². The van der Waals surface area contributed by atoms with Crippen LogP contribution in [0.5, 0.6) is 5.75 Å². The van der Waals surface area contributed by atoms with Crippen LogP contribution < -0.4 is 4.74 Å². The van der Waals surface area contributed by atoms with Crippen LogP contribution in [0.15, 0.2) is 86.0 Å². The van der Waals surface area contributed by atoms with E-state index in [0.717, 1.165) is 36.7 Å². The maximum atomic E-state index is 15.3. The van der Waals surface area contributed by atoms with Gasteiger partial charge in [-0.3, -0.25) is 0 Å². The van der Waals surface area contributed by atoms with Crippen molar-refractivity contribution in [2.45, 2.75) is 57.8 Å². The van der Waals surface area contributed by atoms with Crippen LogP contribution >= 0.6 is 0 Å². The van der Waals surface area contributed by atoms with Crippen molar-refractivity contribution in [3.63, 3.8) is 0 Å². The van der Waals surface area contributed by atoms with Gasteiger partial charge in [0.25, 0.3) is 0 Å². The van der Waals surface area contributed by atoms with Crippen molar-refractivity contribution in [2.24, 2.45) is 17.8 Å². The van der Waals surface area contributed by atoms with Gasteiger partial charge in [0.1, 0.15) is 5.82 Å². The van der Waals surface area contributed by atoms with E-state index < -0.39 is 11.6 Å². The number of hydrogen-bond acceptors (Lipinski definition) is 1. The summed E-state index contributed by atoms with van der Waals surface area (Å²) in [5.74, 6) is -0.125. The summed E-state index contributed by atoms with van der Waals surface area (Å²) in [6.07, 6.45) is 16.0. The van der Waals surface area contributed by atoms with Crippen LogP contribution in [-0.4, -0.2) is 6.61 Å². The number of halogens is 3. The van der Waals surface area contributed by atoms with Gasteiger partial charge in [-0.25, -0.2) is 8.78 Å². The molecule has 41 heavy (non-hydrogen) atoms. The summed E-state index contributed by atoms with van der Waals surface area (Å²) in [4.78, 5) is 0. The predicted octanol–water partition coefficient (Wildman–Crippen LogP) is 11.0. The third-order valence-electron chi connectivity index (χ3n) is 8.97. The highest BCUT2D eigenvalue weighted by Crippen LogP contribution is 2.42. The van der Waals surface area contributed by atoms with Gasteiger partial charge in [0.2, 0.25) is 5.82 Å². The van der Waals surface area contributed by atoms with E-state index in [9.17, 15) is 8.78 Å². The van der Waals surface area contributed by atoms with Gasteiger partial charge in [0.05, 0.1) is 6.61 Å². The second-order valence-corrected chi connectivity index (χ2v) is 11.5. The first-order valence-corrected chi connectivity index (χ1v) is 14.9. The van der Waals surface area contributed by atoms with Crippen molar-refractivity contribution in [3.05, 3.63) is 109 Å². The molecule has 2 aliphatic carbocycles. The van der Waals surface area contributed by atoms with Crippen molar-refractivity contribution in [1.29, 1.82) is 0 Å². The van der Waals surface area contributed by atoms with Crippen molar-refractivity contribution in [3.8, 4) is 28.0 Å². The van der Waals surface area contributed by atoms with Gasteiger partial charge < -0.3 is 4.74 Å². The number of ether oxygens (including phenoxy) is 1. The number of benzene rings is 3. The van der Waals surface area contributed by atoms with E-state index in [1.54, 1.807) is 36.4 Å². The molecule has 0 saturated heterocycles. The molecular weight excluding hydrogens is 517 g/mol. The number of hydrogen-bond donors (Lipinski definition) is 0. The van der Waals surface area contributed by atoms with Crippen molar-refractivity contribution >= 4 is 5.57 Å². The topological polar surface area (TPSA) is 9.23 Å². The third kappa shape index (κ3) is 6.69. The van der Waals surface area contributed by atoms with E-state index >= 15 is 4.39 Å². The largest absolute Gasteiger partial charge is 0.490 e. The highest BCUT2D eigenvalue weighted by atomic mass is 19.2. The van der Waals surface area contributed by atoms with Crippen LogP contribution in [0.25, 0.3) is 27.8 Å². The van der Waals surface area contributed by atoms with Crippen molar-refractivity contribution in [1.82, 2.24) is 0 Å². The molecule has 1 fully saturated rings. The molecule has 1 saturated carbocycles. The average Bonchev–Trinajstić information content (AvgIpc) is 3.01. The van der Waals surface area contributed by atoms with E-state index in [1.165, 1.54) is 49.8 Å². The van der Waals surface area contributed by atoms with E-state index in [-0.39, 0.29) is 23.7 Å². The van der Waals surface area contributed by atoms with Gasteiger partial charge in [-0.15, -0.1) is 13.2 Å². The van der Waals surface area contributed by atoms with Gasteiger partial charge in [-0.1, -0.05) is 54.6 Å². The Balaban J connectivity index is 1.24. The first kappa shape index (κ1) is 29.0. The summed E-state index contributed by atoms with van der Waals surface area (Å²) in [6.45, 7) is 7.89. The highest BCUT2D eigenvalue weighted by Gasteiger charge is 2.28. The maximum Gasteiger partial charge on any atom is 0.201 e. The van der Waals surface area contributed by atoms with Crippen molar-refractivity contribution < 1.29 is 17.9 Å². The lowest BCUT2D eigenvalue weighted by atomic mass is 9.71. The Bertz CT molecular complexity index is 1400.